The molecule has 3 heterocycles. The summed E-state index contributed by atoms with van der Waals surface area (Å²) in [5, 5.41) is 10.5. The van der Waals surface area contributed by atoms with Gasteiger partial charge in [-0.2, -0.15) is 0 Å². The standard InChI is InChI=1S/C39H32OP2.C20H14N2.Cu.F6P/c1-39(2)33-25-15-27-35(41(29-17-7-3-8-18-29)30-19-9-4-10-20-30)37(33)40-38-34(39)26-16-28-36(38)42(31-21-11-5-12-22-31)32-23-13-6-14-24-32;1-2-7-16-14-17(12-11-15(16)6-1)18-9-5-10-20(22-18)19-8-3-4-13-21-19;;1-7(2,3,4,5)6/h3-28H,1-2H3;1-14H;;/q;;+1;-1/p+2. The topological polar surface area (TPSA) is 35.0 Å². The SMILES string of the molecule is CC1(C)c2cccc([PH+](c3ccccc3)c3ccccc3)c2Oc2c([PH+](c3ccccc3)c3ccccc3)cccc21.F[P-](F)(F)(F)(F)F.[Cu+].c1ccc(-c2cccc(-c3ccc4ccccc4c3)n2)nc1. The number of halogens is 6. The van der Waals surface area contributed by atoms with Crippen molar-refractivity contribution in [1.82, 2.24) is 9.97 Å². The Morgan fingerprint density at radius 2 is 0.792 bits per heavy atom. The molecular formula is C59H48CuF6N2OP3+2. The summed E-state index contributed by atoms with van der Waals surface area (Å²) in [6.45, 7) is 4.71. The van der Waals surface area contributed by atoms with E-state index in [1.165, 1.54) is 53.7 Å². The Kier molecular flexibility index (Phi) is 15.1. The van der Waals surface area contributed by atoms with Gasteiger partial charge in [0.1, 0.15) is 47.7 Å². The number of ether oxygens (including phenoxy) is 1. The third kappa shape index (κ3) is 12.8. The molecule has 366 valence electrons. The van der Waals surface area contributed by atoms with Crippen molar-refractivity contribution >= 4 is 66.3 Å². The molecule has 10 aromatic rings. The van der Waals surface area contributed by atoms with Crippen LogP contribution in [0, 0.1) is 0 Å². The first-order valence-corrected chi connectivity index (χ1v) is 27.9. The number of rotatable bonds is 8. The van der Waals surface area contributed by atoms with Crippen LogP contribution in [-0.2, 0) is 22.5 Å². The van der Waals surface area contributed by atoms with Crippen molar-refractivity contribution in [3.05, 3.63) is 254 Å². The molecule has 1 aliphatic rings. The van der Waals surface area contributed by atoms with E-state index >= 15 is 0 Å². The minimum atomic E-state index is -10.7. The number of fused-ring (bicyclic) bond motifs is 3. The summed E-state index contributed by atoms with van der Waals surface area (Å²) in [5.41, 5.74) is 6.18. The summed E-state index contributed by atoms with van der Waals surface area (Å²) < 4.78 is 66.5. The zero-order chi connectivity index (χ0) is 49.7. The molecule has 0 spiro atoms. The predicted molar refractivity (Wildman–Crippen MR) is 289 cm³/mol. The van der Waals surface area contributed by atoms with Gasteiger partial charge < -0.3 is 4.74 Å². The molecule has 0 unspecified atom stereocenters. The van der Waals surface area contributed by atoms with Gasteiger partial charge in [-0.25, -0.2) is 4.98 Å². The molecule has 1 aliphatic heterocycles. The second-order valence-corrected chi connectivity index (χ2v) is 24.3. The molecule has 13 heteroatoms. The van der Waals surface area contributed by atoms with Crippen LogP contribution in [0.3, 0.4) is 0 Å². The third-order valence-corrected chi connectivity index (χ3v) is 17.6. The van der Waals surface area contributed by atoms with Gasteiger partial charge in [-0.15, -0.1) is 0 Å². The predicted octanol–water partition coefficient (Wildman–Crippen LogP) is 15.4. The average Bonchev–Trinajstić information content (AvgIpc) is 3.38. The number of nitrogens with zero attached hydrogens (tertiary/aromatic N) is 2. The Morgan fingerprint density at radius 3 is 1.24 bits per heavy atom. The zero-order valence-corrected chi connectivity index (χ0v) is 42.7. The van der Waals surface area contributed by atoms with E-state index in [9.17, 15) is 25.2 Å². The van der Waals surface area contributed by atoms with Crippen LogP contribution in [-0.4, -0.2) is 9.97 Å². The number of aromatic nitrogens is 2. The maximum absolute atomic E-state index is 10.7. The van der Waals surface area contributed by atoms with Gasteiger partial charge in [-0.05, 0) is 102 Å². The van der Waals surface area contributed by atoms with E-state index in [-0.39, 0.29) is 22.5 Å². The maximum atomic E-state index is 9.87. The molecule has 0 amide bonds. The van der Waals surface area contributed by atoms with Gasteiger partial charge in [-0.3, -0.25) is 4.98 Å². The fourth-order valence-corrected chi connectivity index (χ4v) is 14.3. The van der Waals surface area contributed by atoms with E-state index in [0.717, 1.165) is 34.1 Å². The molecular weight excluding hydrogens is 1020 g/mol. The van der Waals surface area contributed by atoms with Crippen molar-refractivity contribution in [2.24, 2.45) is 0 Å². The van der Waals surface area contributed by atoms with Crippen LogP contribution in [0.25, 0.3) is 33.4 Å². The van der Waals surface area contributed by atoms with Crippen molar-refractivity contribution in [3.8, 4) is 34.1 Å². The van der Waals surface area contributed by atoms with Crippen molar-refractivity contribution in [1.29, 1.82) is 0 Å². The van der Waals surface area contributed by atoms with Gasteiger partial charge in [-0.1, -0.05) is 159 Å². The van der Waals surface area contributed by atoms with Gasteiger partial charge in [0.15, 0.2) is 11.5 Å². The maximum Gasteiger partial charge on any atom is 1.00 e. The first kappa shape index (κ1) is 51.9. The van der Waals surface area contributed by atoms with Crippen LogP contribution >= 0.6 is 23.7 Å². The molecule has 0 fully saturated rings. The van der Waals surface area contributed by atoms with Crippen LogP contribution in [0.2, 0.25) is 0 Å². The van der Waals surface area contributed by atoms with Crippen molar-refractivity contribution in [2.45, 2.75) is 19.3 Å². The Balaban J connectivity index is 0.000000192. The van der Waals surface area contributed by atoms with E-state index in [2.05, 4.69) is 219 Å². The van der Waals surface area contributed by atoms with Gasteiger partial charge in [0.25, 0.3) is 0 Å². The summed E-state index contributed by atoms with van der Waals surface area (Å²) in [7, 11) is -13.3. The Morgan fingerprint density at radius 1 is 0.403 bits per heavy atom. The second-order valence-electron chi connectivity index (χ2n) is 17.4. The summed E-state index contributed by atoms with van der Waals surface area (Å²) in [4.78, 5) is 9.13. The first-order valence-electron chi connectivity index (χ1n) is 22.8. The van der Waals surface area contributed by atoms with Crippen LogP contribution in [0.4, 0.5) is 25.2 Å². The smallest absolute Gasteiger partial charge is 0.255 e. The molecule has 0 saturated heterocycles. The Bertz CT molecular complexity index is 3210. The van der Waals surface area contributed by atoms with E-state index in [1.54, 1.807) is 6.20 Å². The molecule has 0 N–H and O–H groups in total. The monoisotopic (exact) mass is 1070 g/mol. The molecule has 11 rings (SSSR count). The van der Waals surface area contributed by atoms with Crippen LogP contribution in [0.1, 0.15) is 25.0 Å². The number of hydrogen-bond donors (Lipinski definition) is 0. The molecule has 2 aromatic heterocycles. The summed E-state index contributed by atoms with van der Waals surface area (Å²) in [6.07, 6.45) is 1.79. The summed E-state index contributed by atoms with van der Waals surface area (Å²) in [5.74, 6) is 2.07. The molecule has 0 saturated carbocycles. The average molecular weight is 1070 g/mol. The minimum Gasteiger partial charge on any atom is -0.255 e. The normalized spacial score (nSPS) is 13.3. The van der Waals surface area contributed by atoms with Crippen LogP contribution < -0.4 is 36.6 Å². The van der Waals surface area contributed by atoms with Crippen molar-refractivity contribution in [3.63, 3.8) is 0 Å². The van der Waals surface area contributed by atoms with Crippen LogP contribution in [0.15, 0.2) is 243 Å². The molecule has 72 heavy (non-hydrogen) atoms. The summed E-state index contributed by atoms with van der Waals surface area (Å²) in [6, 6.07) is 84.2. The number of benzene rings is 8. The molecule has 8 aromatic carbocycles. The van der Waals surface area contributed by atoms with Crippen molar-refractivity contribution < 1.29 is 47.0 Å². The third-order valence-electron chi connectivity index (χ3n) is 12.1. The second kappa shape index (κ2) is 20.9. The number of hydrogen-bond acceptors (Lipinski definition) is 3. The molecule has 0 atom stereocenters. The molecule has 3 nitrogen and oxygen atoms in total. The van der Waals surface area contributed by atoms with E-state index in [4.69, 9.17) is 9.72 Å². The number of pyridine rings is 2. The number of para-hydroxylation sites is 2. The van der Waals surface area contributed by atoms with Crippen LogP contribution in [0.5, 0.6) is 11.5 Å². The van der Waals surface area contributed by atoms with Gasteiger partial charge in [0.05, 0.1) is 17.1 Å². The summed E-state index contributed by atoms with van der Waals surface area (Å²) >= 11 is 0. The Hall–Kier alpha value is -6.49. The first-order chi connectivity index (χ1) is 34.0. The quantitative estimate of drug-likeness (QED) is 0.0864. The van der Waals surface area contributed by atoms with E-state index in [1.807, 2.05) is 36.4 Å². The minimum absolute atomic E-state index is 0. The van der Waals surface area contributed by atoms with Gasteiger partial charge in [0, 0.05) is 28.3 Å². The largest absolute Gasteiger partial charge is 1.00 e. The van der Waals surface area contributed by atoms with Gasteiger partial charge >= 0.3 is 50.1 Å². The fourth-order valence-electron chi connectivity index (χ4n) is 8.89. The van der Waals surface area contributed by atoms with E-state index in [0.29, 0.717) is 0 Å². The zero-order valence-electron chi connectivity index (χ0n) is 38.9. The molecule has 0 bridgehead atoms. The fraction of sp³-hybridized carbons (Fsp3) is 0.0508. The molecule has 0 aliphatic carbocycles. The molecule has 0 radical (unpaired) electrons. The van der Waals surface area contributed by atoms with Gasteiger partial charge in [0.2, 0.25) is 0 Å². The van der Waals surface area contributed by atoms with Crippen molar-refractivity contribution in [2.75, 3.05) is 0 Å². The van der Waals surface area contributed by atoms with E-state index < -0.39 is 23.7 Å². The Labute approximate surface area is 428 Å².